The Labute approximate surface area is 171 Å². The lowest BCUT2D eigenvalue weighted by Crippen LogP contribution is -2.45. The molecule has 8 heteroatoms. The molecule has 0 aromatic heterocycles. The van der Waals surface area contributed by atoms with Crippen molar-refractivity contribution in [2.45, 2.75) is 46.7 Å². The molecule has 1 rings (SSSR count). The smallest absolute Gasteiger partial charge is 0.328 e. The van der Waals surface area contributed by atoms with Crippen molar-refractivity contribution in [3.63, 3.8) is 0 Å². The second-order valence-corrected chi connectivity index (χ2v) is 7.52. The van der Waals surface area contributed by atoms with E-state index in [1.165, 1.54) is 20.3 Å². The van der Waals surface area contributed by atoms with Crippen molar-refractivity contribution >= 4 is 23.8 Å². The van der Waals surface area contributed by atoms with Gasteiger partial charge in [-0.05, 0) is 42.5 Å². The fourth-order valence-electron chi connectivity index (χ4n) is 2.74. The average Bonchev–Trinajstić information content (AvgIpc) is 2.67. The minimum absolute atomic E-state index is 0.175. The first kappa shape index (κ1) is 24.1. The molecule has 0 aliphatic heterocycles. The maximum absolute atomic E-state index is 12.7. The summed E-state index contributed by atoms with van der Waals surface area (Å²) in [6.07, 6.45) is 0. The van der Waals surface area contributed by atoms with E-state index in [9.17, 15) is 19.2 Å². The van der Waals surface area contributed by atoms with Crippen LogP contribution in [0.5, 0.6) is 0 Å². The van der Waals surface area contributed by atoms with Crippen LogP contribution in [0.1, 0.15) is 54.0 Å². The van der Waals surface area contributed by atoms with Gasteiger partial charge in [0.2, 0.25) is 0 Å². The van der Waals surface area contributed by atoms with Crippen LogP contribution in [0, 0.1) is 18.8 Å². The second-order valence-electron chi connectivity index (χ2n) is 7.52. The maximum Gasteiger partial charge on any atom is 0.328 e. The number of rotatable bonds is 8. The molecule has 160 valence electrons. The molecule has 0 aliphatic rings. The number of hydrogen-bond acceptors (Lipinski definition) is 6. The van der Waals surface area contributed by atoms with Gasteiger partial charge in [0.05, 0.1) is 14.2 Å². The van der Waals surface area contributed by atoms with E-state index in [2.05, 4.69) is 10.6 Å². The van der Waals surface area contributed by atoms with E-state index in [0.717, 1.165) is 0 Å². The zero-order valence-corrected chi connectivity index (χ0v) is 18.0. The lowest BCUT2D eigenvalue weighted by molar-refractivity contribution is -0.144. The van der Waals surface area contributed by atoms with E-state index in [-0.39, 0.29) is 23.0 Å². The first-order valence-corrected chi connectivity index (χ1v) is 9.40. The summed E-state index contributed by atoms with van der Waals surface area (Å²) < 4.78 is 9.47. The maximum atomic E-state index is 12.7. The van der Waals surface area contributed by atoms with Gasteiger partial charge in [-0.1, -0.05) is 27.7 Å². The van der Waals surface area contributed by atoms with E-state index in [1.54, 1.807) is 46.8 Å². The largest absolute Gasteiger partial charge is 0.467 e. The van der Waals surface area contributed by atoms with Crippen LogP contribution in [-0.2, 0) is 19.1 Å². The molecular formula is C21H30N2O6. The van der Waals surface area contributed by atoms with Crippen LogP contribution in [-0.4, -0.2) is 50.1 Å². The van der Waals surface area contributed by atoms with E-state index < -0.39 is 35.8 Å². The summed E-state index contributed by atoms with van der Waals surface area (Å²) in [4.78, 5) is 49.1. The Morgan fingerprint density at radius 1 is 0.724 bits per heavy atom. The van der Waals surface area contributed by atoms with Crippen LogP contribution in [0.3, 0.4) is 0 Å². The molecule has 0 saturated heterocycles. The highest BCUT2D eigenvalue weighted by Crippen LogP contribution is 2.13. The van der Waals surface area contributed by atoms with Crippen LogP contribution in [0.15, 0.2) is 18.2 Å². The molecule has 0 radical (unpaired) electrons. The summed E-state index contributed by atoms with van der Waals surface area (Å²) in [5.74, 6) is -2.44. The molecular weight excluding hydrogens is 376 g/mol. The molecule has 8 nitrogen and oxygen atoms in total. The number of nitrogens with one attached hydrogen (secondary N) is 2. The number of hydrogen-bond donors (Lipinski definition) is 2. The minimum Gasteiger partial charge on any atom is -0.467 e. The topological polar surface area (TPSA) is 111 Å². The Morgan fingerprint density at radius 2 is 1.07 bits per heavy atom. The van der Waals surface area contributed by atoms with Gasteiger partial charge in [-0.2, -0.15) is 0 Å². The third-order valence-corrected chi connectivity index (χ3v) is 4.42. The quantitative estimate of drug-likeness (QED) is 0.638. The normalized spacial score (nSPS) is 12.9. The first-order chi connectivity index (χ1) is 13.5. The minimum atomic E-state index is -0.810. The Kier molecular flexibility index (Phi) is 8.82. The highest BCUT2D eigenvalue weighted by Gasteiger charge is 2.27. The highest BCUT2D eigenvalue weighted by atomic mass is 16.5. The van der Waals surface area contributed by atoms with Crippen molar-refractivity contribution in [2.75, 3.05) is 14.2 Å². The van der Waals surface area contributed by atoms with Gasteiger partial charge in [0.25, 0.3) is 11.8 Å². The molecule has 0 heterocycles. The third kappa shape index (κ3) is 6.58. The van der Waals surface area contributed by atoms with Crippen LogP contribution in [0.25, 0.3) is 0 Å². The molecule has 2 atom stereocenters. The molecule has 0 fully saturated rings. The van der Waals surface area contributed by atoms with Gasteiger partial charge in [-0.25, -0.2) is 9.59 Å². The van der Waals surface area contributed by atoms with Crippen molar-refractivity contribution in [2.24, 2.45) is 11.8 Å². The molecule has 2 unspecified atom stereocenters. The van der Waals surface area contributed by atoms with Gasteiger partial charge in [-0.3, -0.25) is 9.59 Å². The molecule has 1 aromatic rings. The standard InChI is InChI=1S/C21H30N2O6/c1-11(2)16(20(26)28-6)22-18(24)14-8-13(5)9-15(10-14)19(25)23-17(12(3)4)21(27)29-7/h8-12,16-17H,1-7H3,(H,22,24)(H,23,25). The summed E-state index contributed by atoms with van der Waals surface area (Å²) in [7, 11) is 2.51. The van der Waals surface area contributed by atoms with E-state index >= 15 is 0 Å². The highest BCUT2D eigenvalue weighted by molar-refractivity contribution is 6.02. The van der Waals surface area contributed by atoms with Gasteiger partial charge in [0.1, 0.15) is 12.1 Å². The number of carbonyl (C=O) groups is 4. The molecule has 0 bridgehead atoms. The van der Waals surface area contributed by atoms with Crippen molar-refractivity contribution in [3.05, 3.63) is 34.9 Å². The number of ether oxygens (including phenoxy) is 2. The summed E-state index contributed by atoms with van der Waals surface area (Å²) >= 11 is 0. The molecule has 29 heavy (non-hydrogen) atoms. The molecule has 0 spiro atoms. The van der Waals surface area contributed by atoms with Gasteiger partial charge >= 0.3 is 11.9 Å². The predicted molar refractivity (Wildman–Crippen MR) is 107 cm³/mol. The molecule has 0 saturated carbocycles. The number of amides is 2. The zero-order chi connectivity index (χ0) is 22.3. The average molecular weight is 406 g/mol. The molecule has 2 N–H and O–H groups in total. The SMILES string of the molecule is COC(=O)C(NC(=O)c1cc(C)cc(C(=O)NC(C(=O)OC)C(C)C)c1)C(C)C. The Bertz CT molecular complexity index is 712. The van der Waals surface area contributed by atoms with Gasteiger partial charge in [0.15, 0.2) is 0 Å². The third-order valence-electron chi connectivity index (χ3n) is 4.42. The summed E-state index contributed by atoms with van der Waals surface area (Å²) in [6, 6.07) is 3.02. The van der Waals surface area contributed by atoms with E-state index in [0.29, 0.717) is 5.56 Å². The first-order valence-electron chi connectivity index (χ1n) is 9.40. The number of esters is 2. The second kappa shape index (κ2) is 10.6. The molecule has 0 aliphatic carbocycles. The van der Waals surface area contributed by atoms with Crippen molar-refractivity contribution in [1.82, 2.24) is 10.6 Å². The summed E-state index contributed by atoms with van der Waals surface area (Å²) in [5, 5.41) is 5.29. The lowest BCUT2D eigenvalue weighted by atomic mass is 10.0. The monoisotopic (exact) mass is 406 g/mol. The van der Waals surface area contributed by atoms with E-state index in [4.69, 9.17) is 9.47 Å². The van der Waals surface area contributed by atoms with Gasteiger partial charge in [0, 0.05) is 11.1 Å². The number of methoxy groups -OCH3 is 2. The van der Waals surface area contributed by atoms with Crippen LogP contribution in [0.4, 0.5) is 0 Å². The number of carbonyl (C=O) groups excluding carboxylic acids is 4. The number of aryl methyl sites for hydroxylation is 1. The fourth-order valence-corrected chi connectivity index (χ4v) is 2.74. The Morgan fingerprint density at radius 3 is 1.34 bits per heavy atom. The van der Waals surface area contributed by atoms with E-state index in [1.807, 2.05) is 0 Å². The predicted octanol–water partition coefficient (Wildman–Crippen LogP) is 1.85. The van der Waals surface area contributed by atoms with Crippen molar-refractivity contribution in [3.8, 4) is 0 Å². The van der Waals surface area contributed by atoms with Crippen LogP contribution in [0.2, 0.25) is 0 Å². The zero-order valence-electron chi connectivity index (χ0n) is 18.0. The van der Waals surface area contributed by atoms with Crippen molar-refractivity contribution in [1.29, 1.82) is 0 Å². The Balaban J connectivity index is 3.10. The van der Waals surface area contributed by atoms with Gasteiger partial charge < -0.3 is 20.1 Å². The molecule has 1 aromatic carbocycles. The lowest BCUT2D eigenvalue weighted by Gasteiger charge is -2.21. The van der Waals surface area contributed by atoms with Crippen molar-refractivity contribution < 1.29 is 28.7 Å². The Hall–Kier alpha value is -2.90. The fraction of sp³-hybridized carbons (Fsp3) is 0.524. The molecule has 2 amide bonds. The summed E-state index contributed by atoms with van der Waals surface area (Å²) in [6.45, 7) is 8.89. The van der Waals surface area contributed by atoms with Gasteiger partial charge in [-0.15, -0.1) is 0 Å². The number of benzene rings is 1. The van der Waals surface area contributed by atoms with Crippen LogP contribution < -0.4 is 10.6 Å². The summed E-state index contributed by atoms with van der Waals surface area (Å²) in [5.41, 5.74) is 1.13. The van der Waals surface area contributed by atoms with Crippen LogP contribution >= 0.6 is 0 Å².